The van der Waals surface area contributed by atoms with E-state index in [4.69, 9.17) is 0 Å². The Kier molecular flexibility index (Phi) is 3.90. The fraction of sp³-hybridized carbons (Fsp3) is 0. The van der Waals surface area contributed by atoms with Gasteiger partial charge >= 0.3 is 0 Å². The molecule has 0 unspecified atom stereocenters. The SMILES string of the molecule is Fc1ccc(-c2ccnc3nc(-c4n[nH]c5ccc(-c6cccnc6)c(F)c45)[nH]c23)s1. The average molecular weight is 430 g/mol. The molecule has 0 atom stereocenters. The van der Waals surface area contributed by atoms with E-state index in [1.807, 2.05) is 0 Å². The van der Waals surface area contributed by atoms with Gasteiger partial charge in [-0.25, -0.2) is 14.4 Å². The van der Waals surface area contributed by atoms with E-state index in [0.29, 0.717) is 44.7 Å². The molecule has 5 aromatic heterocycles. The number of thiophene rings is 1. The van der Waals surface area contributed by atoms with Crippen molar-refractivity contribution >= 4 is 33.4 Å². The van der Waals surface area contributed by atoms with Crippen LogP contribution in [0.15, 0.2) is 61.1 Å². The number of hydrogen-bond acceptors (Lipinski definition) is 5. The van der Waals surface area contributed by atoms with Crippen LogP contribution in [0, 0.1) is 10.9 Å². The number of pyridine rings is 2. The number of hydrogen-bond donors (Lipinski definition) is 2. The zero-order valence-electron chi connectivity index (χ0n) is 15.7. The molecule has 6 rings (SSSR count). The fourth-order valence-electron chi connectivity index (χ4n) is 3.68. The van der Waals surface area contributed by atoms with Crippen LogP contribution in [-0.4, -0.2) is 30.1 Å². The predicted molar refractivity (Wildman–Crippen MR) is 115 cm³/mol. The van der Waals surface area contributed by atoms with Crippen LogP contribution in [-0.2, 0) is 0 Å². The normalized spacial score (nSPS) is 11.5. The van der Waals surface area contributed by atoms with E-state index in [1.54, 1.807) is 55.0 Å². The van der Waals surface area contributed by atoms with E-state index in [9.17, 15) is 4.39 Å². The summed E-state index contributed by atoms with van der Waals surface area (Å²) < 4.78 is 29.1. The van der Waals surface area contributed by atoms with Gasteiger partial charge in [0, 0.05) is 40.2 Å². The minimum absolute atomic E-state index is 0.275. The number of nitrogens with one attached hydrogen (secondary N) is 2. The zero-order valence-corrected chi connectivity index (χ0v) is 16.5. The van der Waals surface area contributed by atoms with Gasteiger partial charge in [-0.3, -0.25) is 10.1 Å². The Bertz CT molecular complexity index is 1570. The summed E-state index contributed by atoms with van der Waals surface area (Å²) in [4.78, 5) is 16.9. The lowest BCUT2D eigenvalue weighted by Gasteiger charge is -2.04. The lowest BCUT2D eigenvalue weighted by Crippen LogP contribution is -1.89. The first-order chi connectivity index (χ1) is 15.2. The van der Waals surface area contributed by atoms with Crippen molar-refractivity contribution in [2.75, 3.05) is 0 Å². The van der Waals surface area contributed by atoms with Gasteiger partial charge in [0.1, 0.15) is 11.5 Å². The molecule has 0 amide bonds. The molecule has 6 nitrogen and oxygen atoms in total. The van der Waals surface area contributed by atoms with Crippen LogP contribution in [0.2, 0.25) is 0 Å². The molecule has 0 bridgehead atoms. The summed E-state index contributed by atoms with van der Waals surface area (Å²) in [6, 6.07) is 11.9. The zero-order chi connectivity index (χ0) is 20.9. The molecule has 0 aliphatic heterocycles. The van der Waals surface area contributed by atoms with Crippen LogP contribution in [0.25, 0.3) is 55.2 Å². The monoisotopic (exact) mass is 430 g/mol. The van der Waals surface area contributed by atoms with Crippen LogP contribution < -0.4 is 0 Å². The van der Waals surface area contributed by atoms with Gasteiger partial charge in [-0.15, -0.1) is 11.3 Å². The third kappa shape index (κ3) is 2.82. The van der Waals surface area contributed by atoms with Crippen molar-refractivity contribution in [3.8, 4) is 33.1 Å². The summed E-state index contributed by atoms with van der Waals surface area (Å²) in [6.07, 6.45) is 4.87. The molecule has 0 radical (unpaired) electrons. The summed E-state index contributed by atoms with van der Waals surface area (Å²) in [5, 5.41) is 7.22. The first-order valence-electron chi connectivity index (χ1n) is 9.37. The van der Waals surface area contributed by atoms with Crippen molar-refractivity contribution in [2.45, 2.75) is 0 Å². The molecule has 0 aliphatic rings. The number of nitrogens with zero attached hydrogens (tertiary/aromatic N) is 4. The standard InChI is InChI=1S/C22H12F2N6S/c23-16-6-5-15(31-16)13-7-9-26-21-19(13)27-22(28-21)20-17-14(29-30-20)4-3-12(18(17)24)11-2-1-8-25-10-11/h1-10H,(H,29,30)(H,26,27,28). The quantitative estimate of drug-likeness (QED) is 0.385. The van der Waals surface area contributed by atoms with Crippen molar-refractivity contribution in [1.29, 1.82) is 0 Å². The minimum Gasteiger partial charge on any atom is -0.335 e. The smallest absolute Gasteiger partial charge is 0.178 e. The molecule has 0 fully saturated rings. The second kappa shape index (κ2) is 6.78. The fourth-order valence-corrected chi connectivity index (χ4v) is 4.44. The molecule has 0 saturated carbocycles. The molecular weight excluding hydrogens is 418 g/mol. The lowest BCUT2D eigenvalue weighted by molar-refractivity contribution is 0.643. The molecule has 5 heterocycles. The molecule has 150 valence electrons. The highest BCUT2D eigenvalue weighted by Gasteiger charge is 2.20. The average Bonchev–Trinajstić information content (AvgIpc) is 3.52. The highest BCUT2D eigenvalue weighted by atomic mass is 32.1. The molecule has 31 heavy (non-hydrogen) atoms. The van der Waals surface area contributed by atoms with Crippen LogP contribution in [0.1, 0.15) is 0 Å². The van der Waals surface area contributed by atoms with Gasteiger partial charge in [0.15, 0.2) is 16.6 Å². The van der Waals surface area contributed by atoms with Crippen molar-refractivity contribution < 1.29 is 8.78 Å². The second-order valence-electron chi connectivity index (χ2n) is 6.91. The topological polar surface area (TPSA) is 83.1 Å². The van der Waals surface area contributed by atoms with Gasteiger partial charge in [0.25, 0.3) is 0 Å². The van der Waals surface area contributed by atoms with Crippen molar-refractivity contribution in [3.63, 3.8) is 0 Å². The first-order valence-corrected chi connectivity index (χ1v) is 10.2. The molecule has 0 spiro atoms. The highest BCUT2D eigenvalue weighted by Crippen LogP contribution is 2.36. The number of aromatic amines is 2. The van der Waals surface area contributed by atoms with Crippen molar-refractivity contribution in [3.05, 3.63) is 72.0 Å². The number of rotatable bonds is 3. The highest BCUT2D eigenvalue weighted by molar-refractivity contribution is 7.14. The maximum absolute atomic E-state index is 15.6. The van der Waals surface area contributed by atoms with Crippen LogP contribution in [0.4, 0.5) is 8.78 Å². The second-order valence-corrected chi connectivity index (χ2v) is 7.94. The minimum atomic E-state index is -0.414. The summed E-state index contributed by atoms with van der Waals surface area (Å²) in [5.41, 5.74) is 3.85. The van der Waals surface area contributed by atoms with E-state index in [-0.39, 0.29) is 5.13 Å². The van der Waals surface area contributed by atoms with Gasteiger partial charge < -0.3 is 4.98 Å². The molecule has 6 aromatic rings. The Morgan fingerprint density at radius 1 is 0.935 bits per heavy atom. The molecular formula is C22H12F2N6S. The maximum Gasteiger partial charge on any atom is 0.178 e. The predicted octanol–water partition coefficient (Wildman–Crippen LogP) is 5.57. The van der Waals surface area contributed by atoms with Gasteiger partial charge in [0.2, 0.25) is 0 Å². The molecule has 2 N–H and O–H groups in total. The van der Waals surface area contributed by atoms with E-state index in [1.165, 1.54) is 6.07 Å². The third-order valence-electron chi connectivity index (χ3n) is 5.09. The van der Waals surface area contributed by atoms with E-state index in [2.05, 4.69) is 30.1 Å². The van der Waals surface area contributed by atoms with E-state index >= 15 is 4.39 Å². The largest absolute Gasteiger partial charge is 0.335 e. The summed E-state index contributed by atoms with van der Waals surface area (Å²) in [6.45, 7) is 0. The first kappa shape index (κ1) is 17.8. The Labute approximate surface area is 177 Å². The Morgan fingerprint density at radius 3 is 2.68 bits per heavy atom. The van der Waals surface area contributed by atoms with Gasteiger partial charge in [-0.1, -0.05) is 6.07 Å². The summed E-state index contributed by atoms with van der Waals surface area (Å²) in [5.74, 6) is -0.0383. The Balaban J connectivity index is 1.56. The molecule has 9 heteroatoms. The molecule has 0 saturated heterocycles. The third-order valence-corrected chi connectivity index (χ3v) is 6.00. The summed E-state index contributed by atoms with van der Waals surface area (Å²) in [7, 11) is 0. The van der Waals surface area contributed by atoms with Gasteiger partial charge in [-0.2, -0.15) is 9.49 Å². The maximum atomic E-state index is 15.6. The lowest BCUT2D eigenvalue weighted by atomic mass is 10.0. The number of benzene rings is 1. The van der Waals surface area contributed by atoms with Crippen LogP contribution >= 0.6 is 11.3 Å². The molecule has 1 aromatic carbocycles. The van der Waals surface area contributed by atoms with E-state index < -0.39 is 5.82 Å². The Morgan fingerprint density at radius 2 is 1.87 bits per heavy atom. The summed E-state index contributed by atoms with van der Waals surface area (Å²) >= 11 is 1.04. The van der Waals surface area contributed by atoms with Crippen molar-refractivity contribution in [2.24, 2.45) is 0 Å². The van der Waals surface area contributed by atoms with Gasteiger partial charge in [0.05, 0.1) is 16.4 Å². The number of halogens is 2. The number of H-pyrrole nitrogens is 2. The number of fused-ring (bicyclic) bond motifs is 2. The number of aromatic nitrogens is 6. The van der Waals surface area contributed by atoms with Gasteiger partial charge in [-0.05, 0) is 36.4 Å². The van der Waals surface area contributed by atoms with Crippen LogP contribution in [0.3, 0.4) is 0 Å². The molecule has 0 aliphatic carbocycles. The van der Waals surface area contributed by atoms with Crippen molar-refractivity contribution in [1.82, 2.24) is 30.1 Å². The van der Waals surface area contributed by atoms with E-state index in [0.717, 1.165) is 21.8 Å². The number of imidazole rings is 1. The van der Waals surface area contributed by atoms with Crippen LogP contribution in [0.5, 0.6) is 0 Å². The Hall–Kier alpha value is -3.98.